The van der Waals surface area contributed by atoms with Crippen molar-refractivity contribution in [1.82, 2.24) is 4.98 Å². The van der Waals surface area contributed by atoms with Crippen LogP contribution in [0, 0.1) is 0 Å². The van der Waals surface area contributed by atoms with E-state index in [-0.39, 0.29) is 16.4 Å². The Balaban J connectivity index is 2.31. The summed E-state index contributed by atoms with van der Waals surface area (Å²) in [5.41, 5.74) is 0.992. The van der Waals surface area contributed by atoms with Crippen LogP contribution in [0.15, 0.2) is 24.3 Å². The summed E-state index contributed by atoms with van der Waals surface area (Å²) in [6.07, 6.45) is 0.482. The normalized spacial score (nSPS) is 10.4. The maximum absolute atomic E-state index is 11.3. The number of carbonyl (C=O) groups is 2. The Morgan fingerprint density at radius 2 is 1.95 bits per heavy atom. The van der Waals surface area contributed by atoms with E-state index in [4.69, 9.17) is 16.7 Å². The molecule has 1 heterocycles. The van der Waals surface area contributed by atoms with Gasteiger partial charge in [-0.15, -0.1) is 11.3 Å². The van der Waals surface area contributed by atoms with Crippen LogP contribution in [0.5, 0.6) is 0 Å². The number of benzene rings is 1. The first kappa shape index (κ1) is 13.7. The maximum Gasteiger partial charge on any atom is 0.348 e. The molecule has 0 aliphatic carbocycles. The van der Waals surface area contributed by atoms with Crippen molar-refractivity contribution in [2.24, 2.45) is 0 Å². The second kappa shape index (κ2) is 5.50. The summed E-state index contributed by atoms with van der Waals surface area (Å²) >= 11 is 6.82. The molecule has 4 nitrogen and oxygen atoms in total. The predicted molar refractivity (Wildman–Crippen MR) is 73.3 cm³/mol. The van der Waals surface area contributed by atoms with Gasteiger partial charge in [-0.25, -0.2) is 9.78 Å². The smallest absolute Gasteiger partial charge is 0.348 e. The molecule has 2 aromatic rings. The number of aromatic carboxylic acids is 1. The molecule has 0 aliphatic rings. The number of aromatic nitrogens is 1. The summed E-state index contributed by atoms with van der Waals surface area (Å²) in [6, 6.07) is 7.21. The summed E-state index contributed by atoms with van der Waals surface area (Å²) in [4.78, 5) is 26.5. The Morgan fingerprint density at radius 1 is 1.32 bits per heavy atom. The molecular weight excluding hydrogens is 286 g/mol. The molecule has 1 aromatic carbocycles. The van der Waals surface area contributed by atoms with Crippen molar-refractivity contribution in [3.8, 4) is 0 Å². The zero-order valence-electron chi connectivity index (χ0n) is 10.0. The highest BCUT2D eigenvalue weighted by Crippen LogP contribution is 2.22. The third-order valence-corrected chi connectivity index (χ3v) is 3.76. The predicted octanol–water partition coefficient (Wildman–Crippen LogP) is 3.29. The van der Waals surface area contributed by atoms with Crippen molar-refractivity contribution < 1.29 is 14.7 Å². The van der Waals surface area contributed by atoms with Gasteiger partial charge in [-0.3, -0.25) is 4.79 Å². The summed E-state index contributed by atoms with van der Waals surface area (Å²) in [6.45, 7) is 1.31. The quantitative estimate of drug-likeness (QED) is 0.879. The van der Waals surface area contributed by atoms with E-state index in [0.717, 1.165) is 16.9 Å². The number of hydrogen-bond acceptors (Lipinski definition) is 4. The highest BCUT2D eigenvalue weighted by molar-refractivity contribution is 7.14. The largest absolute Gasteiger partial charge is 0.477 e. The van der Waals surface area contributed by atoms with E-state index < -0.39 is 5.97 Å². The Kier molecular flexibility index (Phi) is 3.97. The SMILES string of the molecule is CC(=O)c1nc(Cc2ccc(Cl)cc2)sc1C(=O)O. The summed E-state index contributed by atoms with van der Waals surface area (Å²) in [5.74, 6) is -1.46. The number of carboxylic acids is 1. The lowest BCUT2D eigenvalue weighted by molar-refractivity contribution is 0.0697. The minimum absolute atomic E-state index is 0.00327. The van der Waals surface area contributed by atoms with Gasteiger partial charge in [0, 0.05) is 18.4 Å². The van der Waals surface area contributed by atoms with Crippen LogP contribution in [0.3, 0.4) is 0 Å². The van der Waals surface area contributed by atoms with E-state index in [2.05, 4.69) is 4.98 Å². The highest BCUT2D eigenvalue weighted by Gasteiger charge is 2.20. The summed E-state index contributed by atoms with van der Waals surface area (Å²) in [5, 5.41) is 10.3. The van der Waals surface area contributed by atoms with Crippen LogP contribution in [0.25, 0.3) is 0 Å². The monoisotopic (exact) mass is 295 g/mol. The number of rotatable bonds is 4. The molecule has 98 valence electrons. The van der Waals surface area contributed by atoms with Gasteiger partial charge in [0.05, 0.1) is 5.01 Å². The Morgan fingerprint density at radius 3 is 2.42 bits per heavy atom. The first-order chi connectivity index (χ1) is 8.97. The van der Waals surface area contributed by atoms with E-state index in [1.807, 2.05) is 12.1 Å². The molecular formula is C13H10ClNO3S. The molecule has 0 amide bonds. The van der Waals surface area contributed by atoms with E-state index >= 15 is 0 Å². The fraction of sp³-hybridized carbons (Fsp3) is 0.154. The third-order valence-electron chi connectivity index (χ3n) is 2.47. The van der Waals surface area contributed by atoms with Gasteiger partial charge in [0.25, 0.3) is 0 Å². The minimum Gasteiger partial charge on any atom is -0.477 e. The van der Waals surface area contributed by atoms with Crippen LogP contribution < -0.4 is 0 Å². The van der Waals surface area contributed by atoms with Crippen LogP contribution >= 0.6 is 22.9 Å². The fourth-order valence-electron chi connectivity index (χ4n) is 1.60. The van der Waals surface area contributed by atoms with Crippen molar-refractivity contribution in [2.75, 3.05) is 0 Å². The second-order valence-electron chi connectivity index (χ2n) is 3.95. The van der Waals surface area contributed by atoms with E-state index in [0.29, 0.717) is 16.5 Å². The lowest BCUT2D eigenvalue weighted by Crippen LogP contribution is -2.03. The first-order valence-corrected chi connectivity index (χ1v) is 6.65. The molecule has 6 heteroatoms. The zero-order valence-corrected chi connectivity index (χ0v) is 11.6. The number of Topliss-reactive ketones (excluding diaryl/α,β-unsaturated/α-hetero) is 1. The molecule has 0 spiro atoms. The van der Waals surface area contributed by atoms with Crippen LogP contribution in [0.2, 0.25) is 5.02 Å². The molecule has 19 heavy (non-hydrogen) atoms. The van der Waals surface area contributed by atoms with Gasteiger partial charge in [-0.1, -0.05) is 23.7 Å². The maximum atomic E-state index is 11.3. The van der Waals surface area contributed by atoms with Gasteiger partial charge >= 0.3 is 5.97 Å². The second-order valence-corrected chi connectivity index (χ2v) is 5.47. The highest BCUT2D eigenvalue weighted by atomic mass is 35.5. The van der Waals surface area contributed by atoms with E-state index in [1.54, 1.807) is 12.1 Å². The topological polar surface area (TPSA) is 67.3 Å². The molecule has 2 rings (SSSR count). The van der Waals surface area contributed by atoms with Gasteiger partial charge in [-0.05, 0) is 17.7 Å². The molecule has 0 aliphatic heterocycles. The van der Waals surface area contributed by atoms with Crippen molar-refractivity contribution in [3.05, 3.63) is 50.4 Å². The average Bonchev–Trinajstić information content (AvgIpc) is 2.76. The van der Waals surface area contributed by atoms with Crippen LogP contribution in [-0.2, 0) is 6.42 Å². The molecule has 0 fully saturated rings. The molecule has 0 radical (unpaired) electrons. The van der Waals surface area contributed by atoms with Gasteiger partial charge in [0.2, 0.25) is 0 Å². The standard InChI is InChI=1S/C13H10ClNO3S/c1-7(16)11-12(13(17)18)19-10(15-11)6-8-2-4-9(14)5-3-8/h2-5H,6H2,1H3,(H,17,18). The Labute approximate surface area is 118 Å². The lowest BCUT2D eigenvalue weighted by Gasteiger charge is -1.97. The number of nitrogens with zero attached hydrogens (tertiary/aromatic N) is 1. The number of carbonyl (C=O) groups excluding carboxylic acids is 1. The minimum atomic E-state index is -1.12. The first-order valence-electron chi connectivity index (χ1n) is 5.45. The Hall–Kier alpha value is -1.72. The number of hydrogen-bond donors (Lipinski definition) is 1. The molecule has 0 saturated carbocycles. The molecule has 0 saturated heterocycles. The number of thiazole rings is 1. The van der Waals surface area contributed by atoms with Gasteiger partial charge in [0.1, 0.15) is 10.6 Å². The lowest BCUT2D eigenvalue weighted by atomic mass is 10.2. The molecule has 0 unspecified atom stereocenters. The van der Waals surface area contributed by atoms with Crippen molar-refractivity contribution in [1.29, 1.82) is 0 Å². The van der Waals surface area contributed by atoms with Crippen LogP contribution in [0.1, 0.15) is 37.7 Å². The van der Waals surface area contributed by atoms with Gasteiger partial charge in [-0.2, -0.15) is 0 Å². The number of ketones is 1. The summed E-state index contributed by atoms with van der Waals surface area (Å²) < 4.78 is 0. The Bertz CT molecular complexity index is 602. The molecule has 0 bridgehead atoms. The zero-order chi connectivity index (χ0) is 14.0. The van der Waals surface area contributed by atoms with Crippen molar-refractivity contribution in [2.45, 2.75) is 13.3 Å². The van der Waals surface area contributed by atoms with E-state index in [1.165, 1.54) is 6.92 Å². The van der Waals surface area contributed by atoms with Crippen molar-refractivity contribution in [3.63, 3.8) is 0 Å². The molecule has 0 atom stereocenters. The van der Waals surface area contributed by atoms with Gasteiger partial charge < -0.3 is 5.11 Å². The number of carboxylic acid groups (broad SMARTS) is 1. The van der Waals surface area contributed by atoms with E-state index in [9.17, 15) is 9.59 Å². The summed E-state index contributed by atoms with van der Waals surface area (Å²) in [7, 11) is 0. The fourth-order valence-corrected chi connectivity index (χ4v) is 2.71. The number of halogens is 1. The van der Waals surface area contributed by atoms with Crippen LogP contribution in [0.4, 0.5) is 0 Å². The van der Waals surface area contributed by atoms with Gasteiger partial charge in [0.15, 0.2) is 5.78 Å². The average molecular weight is 296 g/mol. The van der Waals surface area contributed by atoms with Crippen molar-refractivity contribution >= 4 is 34.7 Å². The molecule has 1 aromatic heterocycles. The molecule has 1 N–H and O–H groups in total. The third kappa shape index (κ3) is 3.19. The van der Waals surface area contributed by atoms with Crippen LogP contribution in [-0.4, -0.2) is 21.8 Å².